The van der Waals surface area contributed by atoms with Gasteiger partial charge in [0.1, 0.15) is 5.75 Å². The molecule has 1 aliphatic rings. The van der Waals surface area contributed by atoms with Crippen LogP contribution in [0.2, 0.25) is 0 Å². The molecule has 1 N–H and O–H groups in total. The van der Waals surface area contributed by atoms with Gasteiger partial charge in [-0.15, -0.1) is 0 Å². The maximum Gasteiger partial charge on any atom is 0.259 e. The molecule has 0 amide bonds. The number of para-hydroxylation sites is 1. The fourth-order valence-corrected chi connectivity index (χ4v) is 4.97. The van der Waals surface area contributed by atoms with Crippen molar-refractivity contribution in [3.05, 3.63) is 124 Å². The van der Waals surface area contributed by atoms with Gasteiger partial charge in [-0.2, -0.15) is 0 Å². The Balaban J connectivity index is 1.52. The molecule has 1 saturated heterocycles. The monoisotopic (exact) mass is 466 g/mol. The lowest BCUT2D eigenvalue weighted by atomic mass is 9.96. The minimum atomic E-state index is -0.356. The maximum atomic E-state index is 13.9. The van der Waals surface area contributed by atoms with Gasteiger partial charge >= 0.3 is 0 Å². The van der Waals surface area contributed by atoms with Crippen LogP contribution in [0.3, 0.4) is 0 Å². The number of pyridine rings is 2. The summed E-state index contributed by atoms with van der Waals surface area (Å²) in [7, 11) is 0. The van der Waals surface area contributed by atoms with E-state index in [2.05, 4.69) is 39.0 Å². The van der Waals surface area contributed by atoms with Crippen LogP contribution in [-0.2, 0) is 6.54 Å². The van der Waals surface area contributed by atoms with Crippen LogP contribution in [0.5, 0.6) is 5.75 Å². The number of piperazine rings is 1. The number of nitrogens with zero attached hydrogens (tertiary/aromatic N) is 4. The molecule has 35 heavy (non-hydrogen) atoms. The average Bonchev–Trinajstić information content (AvgIpc) is 2.91. The standard InChI is InChI=1S/C29H30N4O2/c1-22-20-26(34)27(29(35)33(22)21-23-8-4-2-5-9-23)28(24-12-14-30-15-13-24)32-18-16-31(17-19-32)25-10-6-3-7-11-25/h2-15,20,28,34H,16-19,21H2,1H3. The molecule has 1 atom stereocenters. The highest BCUT2D eigenvalue weighted by molar-refractivity contribution is 5.47. The van der Waals surface area contributed by atoms with Crippen molar-refractivity contribution >= 4 is 5.69 Å². The molecule has 0 radical (unpaired) electrons. The van der Waals surface area contributed by atoms with E-state index in [0.717, 1.165) is 43.0 Å². The molecule has 6 heteroatoms. The van der Waals surface area contributed by atoms with E-state index in [-0.39, 0.29) is 17.4 Å². The van der Waals surface area contributed by atoms with Gasteiger partial charge in [-0.25, -0.2) is 0 Å². The number of aromatic nitrogens is 2. The lowest BCUT2D eigenvalue weighted by Crippen LogP contribution is -2.49. The average molecular weight is 467 g/mol. The molecule has 0 bridgehead atoms. The van der Waals surface area contributed by atoms with Gasteiger partial charge in [-0.3, -0.25) is 14.7 Å². The second-order valence-corrected chi connectivity index (χ2v) is 9.00. The first-order valence-electron chi connectivity index (χ1n) is 12.0. The van der Waals surface area contributed by atoms with E-state index in [9.17, 15) is 9.90 Å². The lowest BCUT2D eigenvalue weighted by Gasteiger charge is -2.40. The highest BCUT2D eigenvalue weighted by Crippen LogP contribution is 2.33. The van der Waals surface area contributed by atoms with E-state index >= 15 is 0 Å². The molecule has 178 valence electrons. The van der Waals surface area contributed by atoms with Gasteiger partial charge in [0.25, 0.3) is 5.56 Å². The van der Waals surface area contributed by atoms with E-state index in [1.165, 1.54) is 5.69 Å². The Morgan fingerprint density at radius 3 is 2.17 bits per heavy atom. The van der Waals surface area contributed by atoms with E-state index < -0.39 is 0 Å². The second kappa shape index (κ2) is 10.2. The summed E-state index contributed by atoms with van der Waals surface area (Å²) in [5.41, 5.74) is 4.21. The normalized spacial score (nSPS) is 15.2. The molecule has 1 aliphatic heterocycles. The van der Waals surface area contributed by atoms with Crippen molar-refractivity contribution in [3.8, 4) is 5.75 Å². The molecule has 3 heterocycles. The van der Waals surface area contributed by atoms with Crippen LogP contribution >= 0.6 is 0 Å². The molecule has 1 fully saturated rings. The van der Waals surface area contributed by atoms with E-state index in [4.69, 9.17) is 0 Å². The number of hydrogen-bond acceptors (Lipinski definition) is 5. The molecule has 0 aliphatic carbocycles. The number of hydrogen-bond donors (Lipinski definition) is 1. The van der Waals surface area contributed by atoms with Gasteiger partial charge in [0, 0.05) is 50.0 Å². The molecular weight excluding hydrogens is 436 g/mol. The first kappa shape index (κ1) is 22.9. The Kier molecular flexibility index (Phi) is 6.64. The number of rotatable bonds is 6. The smallest absolute Gasteiger partial charge is 0.259 e. The number of anilines is 1. The number of aromatic hydroxyl groups is 1. The summed E-state index contributed by atoms with van der Waals surface area (Å²) in [4.78, 5) is 22.7. The summed E-state index contributed by atoms with van der Waals surface area (Å²) in [5.74, 6) is 0.0455. The predicted molar refractivity (Wildman–Crippen MR) is 139 cm³/mol. The zero-order chi connectivity index (χ0) is 24.2. The molecule has 2 aromatic heterocycles. The zero-order valence-corrected chi connectivity index (χ0v) is 19.9. The van der Waals surface area contributed by atoms with Gasteiger partial charge in [0.05, 0.1) is 18.2 Å². The van der Waals surface area contributed by atoms with Crippen LogP contribution < -0.4 is 10.5 Å². The molecule has 1 unspecified atom stereocenters. The SMILES string of the molecule is Cc1cc(O)c(C(c2ccncc2)N2CCN(c3ccccc3)CC2)c(=O)n1Cc1ccccc1. The summed E-state index contributed by atoms with van der Waals surface area (Å²) in [6.45, 7) is 5.56. The Labute approximate surface area is 205 Å². The number of aryl methyl sites for hydroxylation is 1. The van der Waals surface area contributed by atoms with Crippen molar-refractivity contribution in [1.82, 2.24) is 14.5 Å². The zero-order valence-electron chi connectivity index (χ0n) is 19.9. The topological polar surface area (TPSA) is 61.6 Å². The third kappa shape index (κ3) is 4.84. The number of benzene rings is 2. The fourth-order valence-electron chi connectivity index (χ4n) is 4.97. The molecule has 0 spiro atoms. The molecule has 5 rings (SSSR count). The molecule has 4 aromatic rings. The second-order valence-electron chi connectivity index (χ2n) is 9.00. The van der Waals surface area contributed by atoms with Crippen LogP contribution in [0, 0.1) is 6.92 Å². The summed E-state index contributed by atoms with van der Waals surface area (Å²) in [5, 5.41) is 11.1. The Morgan fingerprint density at radius 1 is 0.886 bits per heavy atom. The van der Waals surface area contributed by atoms with Gasteiger partial charge in [-0.1, -0.05) is 48.5 Å². The first-order valence-corrected chi connectivity index (χ1v) is 12.0. The van der Waals surface area contributed by atoms with E-state index in [0.29, 0.717) is 12.1 Å². The van der Waals surface area contributed by atoms with Gasteiger partial charge in [0.2, 0.25) is 0 Å². The van der Waals surface area contributed by atoms with Crippen LogP contribution in [0.4, 0.5) is 5.69 Å². The molecular formula is C29H30N4O2. The molecule has 2 aromatic carbocycles. The molecule has 0 saturated carbocycles. The minimum absolute atomic E-state index is 0.0455. The van der Waals surface area contributed by atoms with Crippen molar-refractivity contribution in [1.29, 1.82) is 0 Å². The summed E-state index contributed by atoms with van der Waals surface area (Å²) >= 11 is 0. The van der Waals surface area contributed by atoms with Gasteiger partial charge in [-0.05, 0) is 48.4 Å². The fraction of sp³-hybridized carbons (Fsp3) is 0.241. The Bertz CT molecular complexity index is 1320. The minimum Gasteiger partial charge on any atom is -0.507 e. The van der Waals surface area contributed by atoms with Crippen molar-refractivity contribution in [2.45, 2.75) is 19.5 Å². The van der Waals surface area contributed by atoms with Crippen molar-refractivity contribution in [2.24, 2.45) is 0 Å². The first-order chi connectivity index (χ1) is 17.1. The van der Waals surface area contributed by atoms with E-state index in [1.54, 1.807) is 23.0 Å². The summed E-state index contributed by atoms with van der Waals surface area (Å²) in [6, 6.07) is 25.6. The molecule has 6 nitrogen and oxygen atoms in total. The highest BCUT2D eigenvalue weighted by Gasteiger charge is 2.31. The van der Waals surface area contributed by atoms with Crippen LogP contribution in [-0.4, -0.2) is 45.7 Å². The van der Waals surface area contributed by atoms with Gasteiger partial charge < -0.3 is 14.6 Å². The highest BCUT2D eigenvalue weighted by atomic mass is 16.3. The van der Waals surface area contributed by atoms with Crippen molar-refractivity contribution in [3.63, 3.8) is 0 Å². The third-order valence-electron chi connectivity index (χ3n) is 6.80. The Hall–Kier alpha value is -3.90. The van der Waals surface area contributed by atoms with Crippen molar-refractivity contribution < 1.29 is 5.11 Å². The van der Waals surface area contributed by atoms with E-state index in [1.807, 2.05) is 55.5 Å². The van der Waals surface area contributed by atoms with Crippen molar-refractivity contribution in [2.75, 3.05) is 31.1 Å². The van der Waals surface area contributed by atoms with Crippen LogP contribution in [0.1, 0.15) is 28.4 Å². The Morgan fingerprint density at radius 2 is 1.51 bits per heavy atom. The largest absolute Gasteiger partial charge is 0.507 e. The summed E-state index contributed by atoms with van der Waals surface area (Å²) in [6.07, 6.45) is 3.49. The predicted octanol–water partition coefficient (Wildman–Crippen LogP) is 4.22. The van der Waals surface area contributed by atoms with Gasteiger partial charge in [0.15, 0.2) is 0 Å². The summed E-state index contributed by atoms with van der Waals surface area (Å²) < 4.78 is 1.76. The van der Waals surface area contributed by atoms with Crippen LogP contribution in [0.15, 0.2) is 96.1 Å². The third-order valence-corrected chi connectivity index (χ3v) is 6.80. The lowest BCUT2D eigenvalue weighted by molar-refractivity contribution is 0.207. The quantitative estimate of drug-likeness (QED) is 0.461. The van der Waals surface area contributed by atoms with Crippen LogP contribution in [0.25, 0.3) is 0 Å². The maximum absolute atomic E-state index is 13.9.